The zero-order valence-corrected chi connectivity index (χ0v) is 13.0. The number of nitrogens with zero attached hydrogens (tertiary/aromatic N) is 5. The van der Waals surface area contributed by atoms with E-state index in [0.717, 1.165) is 12.8 Å². The van der Waals surface area contributed by atoms with Gasteiger partial charge in [-0.05, 0) is 31.0 Å². The molecule has 4 aromatic rings. The summed E-state index contributed by atoms with van der Waals surface area (Å²) in [6, 6.07) is 9.50. The Balaban J connectivity index is 1.83. The molecule has 5 rings (SSSR count). The number of hydrogen-bond acceptors (Lipinski definition) is 4. The molecular weight excluding hydrogens is 325 g/mol. The maximum atomic E-state index is 14.4. The Morgan fingerprint density at radius 3 is 2.80 bits per heavy atom. The van der Waals surface area contributed by atoms with E-state index in [2.05, 4.69) is 9.97 Å². The van der Waals surface area contributed by atoms with Crippen molar-refractivity contribution >= 4 is 27.8 Å². The fourth-order valence-corrected chi connectivity index (χ4v) is 3.21. The first-order valence-electron chi connectivity index (χ1n) is 7.92. The van der Waals surface area contributed by atoms with Gasteiger partial charge in [0.15, 0.2) is 0 Å². The molecule has 0 amide bonds. The van der Waals surface area contributed by atoms with E-state index >= 15 is 0 Å². The lowest BCUT2D eigenvalue weighted by Crippen LogP contribution is -2.05. The average molecular weight is 337 g/mol. The molecule has 2 aromatic carbocycles. The van der Waals surface area contributed by atoms with Crippen molar-refractivity contribution in [2.24, 2.45) is 0 Å². The standard InChI is InChI=1S/C17H12FN5O2/c18-12-2-1-3-14-16(12)22(10-4-5-10)17(20-14)21-9-19-13-7-6-11(23(24)25)8-15(13)21/h1-3,6-10H,4-5H2. The molecule has 1 aliphatic rings. The Morgan fingerprint density at radius 1 is 1.20 bits per heavy atom. The summed E-state index contributed by atoms with van der Waals surface area (Å²) in [6.45, 7) is 0. The van der Waals surface area contributed by atoms with Crippen molar-refractivity contribution in [3.05, 3.63) is 58.7 Å². The third-order valence-corrected chi connectivity index (χ3v) is 4.51. The Hall–Kier alpha value is -3.29. The molecule has 0 atom stereocenters. The van der Waals surface area contributed by atoms with E-state index in [4.69, 9.17) is 0 Å². The molecule has 0 spiro atoms. The highest BCUT2D eigenvalue weighted by atomic mass is 19.1. The van der Waals surface area contributed by atoms with E-state index in [1.54, 1.807) is 29.1 Å². The number of fused-ring (bicyclic) bond motifs is 2. The fourth-order valence-electron chi connectivity index (χ4n) is 3.21. The normalized spacial score (nSPS) is 14.4. The molecule has 8 heteroatoms. The molecule has 0 aliphatic heterocycles. The first-order valence-corrected chi connectivity index (χ1v) is 7.92. The number of aromatic nitrogens is 4. The third kappa shape index (κ3) is 2.03. The Labute approximate surface area is 140 Å². The molecular formula is C17H12FN5O2. The highest BCUT2D eigenvalue weighted by Gasteiger charge is 2.30. The fraction of sp³-hybridized carbons (Fsp3) is 0.176. The van der Waals surface area contributed by atoms with Gasteiger partial charge in [0.1, 0.15) is 17.7 Å². The summed E-state index contributed by atoms with van der Waals surface area (Å²) in [5, 5.41) is 11.1. The summed E-state index contributed by atoms with van der Waals surface area (Å²) in [7, 11) is 0. The molecule has 0 radical (unpaired) electrons. The van der Waals surface area contributed by atoms with Gasteiger partial charge in [0, 0.05) is 18.2 Å². The van der Waals surface area contributed by atoms with Gasteiger partial charge in [-0.15, -0.1) is 0 Å². The topological polar surface area (TPSA) is 78.8 Å². The Morgan fingerprint density at radius 2 is 2.04 bits per heavy atom. The Kier molecular flexibility index (Phi) is 2.74. The maximum Gasteiger partial charge on any atom is 0.271 e. The summed E-state index contributed by atoms with van der Waals surface area (Å²) in [5.41, 5.74) is 2.21. The summed E-state index contributed by atoms with van der Waals surface area (Å²) in [5.74, 6) is 0.212. The molecule has 2 aromatic heterocycles. The van der Waals surface area contributed by atoms with Crippen LogP contribution < -0.4 is 0 Å². The molecule has 1 aliphatic carbocycles. The number of nitro groups is 1. The minimum atomic E-state index is -0.444. The minimum absolute atomic E-state index is 0.0190. The first kappa shape index (κ1) is 14.1. The van der Waals surface area contributed by atoms with Crippen LogP contribution in [0.5, 0.6) is 0 Å². The second kappa shape index (κ2) is 4.85. The third-order valence-electron chi connectivity index (χ3n) is 4.51. The van der Waals surface area contributed by atoms with Gasteiger partial charge in [-0.25, -0.2) is 14.4 Å². The van der Waals surface area contributed by atoms with E-state index in [1.165, 1.54) is 18.2 Å². The zero-order valence-electron chi connectivity index (χ0n) is 13.0. The smallest absolute Gasteiger partial charge is 0.271 e. The first-order chi connectivity index (χ1) is 12.1. The van der Waals surface area contributed by atoms with E-state index in [9.17, 15) is 14.5 Å². The van der Waals surface area contributed by atoms with Crippen molar-refractivity contribution in [2.45, 2.75) is 18.9 Å². The molecule has 0 bridgehead atoms. The van der Waals surface area contributed by atoms with Gasteiger partial charge < -0.3 is 4.57 Å². The summed E-state index contributed by atoms with van der Waals surface area (Å²) in [4.78, 5) is 19.5. The van der Waals surface area contributed by atoms with Gasteiger partial charge in [-0.1, -0.05) is 6.07 Å². The molecule has 0 N–H and O–H groups in total. The van der Waals surface area contributed by atoms with Crippen LogP contribution in [0.3, 0.4) is 0 Å². The van der Waals surface area contributed by atoms with Crippen LogP contribution >= 0.6 is 0 Å². The van der Waals surface area contributed by atoms with E-state index in [0.29, 0.717) is 28.0 Å². The average Bonchev–Trinajstić information content (AvgIpc) is 3.23. The van der Waals surface area contributed by atoms with E-state index < -0.39 is 4.92 Å². The minimum Gasteiger partial charge on any atom is -0.304 e. The number of non-ortho nitro benzene ring substituents is 1. The molecule has 1 saturated carbocycles. The molecule has 124 valence electrons. The quantitative estimate of drug-likeness (QED) is 0.421. The Bertz CT molecular complexity index is 1160. The molecule has 25 heavy (non-hydrogen) atoms. The molecule has 1 fully saturated rings. The van der Waals surface area contributed by atoms with Crippen LogP contribution in [0, 0.1) is 15.9 Å². The number of halogens is 1. The van der Waals surface area contributed by atoms with Crippen molar-refractivity contribution in [3.8, 4) is 5.95 Å². The lowest BCUT2D eigenvalue weighted by atomic mass is 10.3. The summed E-state index contributed by atoms with van der Waals surface area (Å²) >= 11 is 0. The number of rotatable bonds is 3. The summed E-state index contributed by atoms with van der Waals surface area (Å²) in [6.07, 6.45) is 3.49. The monoisotopic (exact) mass is 337 g/mol. The number of nitro benzene ring substituents is 1. The van der Waals surface area contributed by atoms with Gasteiger partial charge in [-0.3, -0.25) is 14.7 Å². The summed E-state index contributed by atoms with van der Waals surface area (Å²) < 4.78 is 18.0. The van der Waals surface area contributed by atoms with Crippen molar-refractivity contribution < 1.29 is 9.31 Å². The van der Waals surface area contributed by atoms with Crippen molar-refractivity contribution in [1.29, 1.82) is 0 Å². The molecule has 0 unspecified atom stereocenters. The number of hydrogen-bond donors (Lipinski definition) is 0. The van der Waals surface area contributed by atoms with Gasteiger partial charge in [0.25, 0.3) is 5.69 Å². The highest BCUT2D eigenvalue weighted by Crippen LogP contribution is 2.40. The van der Waals surface area contributed by atoms with Crippen LogP contribution in [-0.2, 0) is 0 Å². The van der Waals surface area contributed by atoms with Crippen molar-refractivity contribution in [2.75, 3.05) is 0 Å². The van der Waals surface area contributed by atoms with Crippen LogP contribution in [0.2, 0.25) is 0 Å². The molecule has 7 nitrogen and oxygen atoms in total. The lowest BCUT2D eigenvalue weighted by molar-refractivity contribution is -0.384. The predicted molar refractivity (Wildman–Crippen MR) is 89.2 cm³/mol. The van der Waals surface area contributed by atoms with E-state index in [1.807, 2.05) is 4.57 Å². The number of para-hydroxylation sites is 1. The van der Waals surface area contributed by atoms with Gasteiger partial charge >= 0.3 is 0 Å². The van der Waals surface area contributed by atoms with E-state index in [-0.39, 0.29) is 17.5 Å². The van der Waals surface area contributed by atoms with Crippen LogP contribution in [0.4, 0.5) is 10.1 Å². The van der Waals surface area contributed by atoms with Crippen LogP contribution in [0.25, 0.3) is 28.0 Å². The largest absolute Gasteiger partial charge is 0.304 e. The highest BCUT2D eigenvalue weighted by molar-refractivity contribution is 5.82. The van der Waals surface area contributed by atoms with Crippen molar-refractivity contribution in [1.82, 2.24) is 19.1 Å². The second-order valence-corrected chi connectivity index (χ2v) is 6.17. The maximum absolute atomic E-state index is 14.4. The molecule has 2 heterocycles. The predicted octanol–water partition coefficient (Wildman–Crippen LogP) is 3.76. The molecule has 0 saturated heterocycles. The SMILES string of the molecule is O=[N+]([O-])c1ccc2ncn(-c3nc4cccc(F)c4n3C3CC3)c2c1. The van der Waals surface area contributed by atoms with Crippen LogP contribution in [0.1, 0.15) is 18.9 Å². The van der Waals surface area contributed by atoms with Gasteiger partial charge in [0.2, 0.25) is 5.95 Å². The van der Waals surface area contributed by atoms with Crippen molar-refractivity contribution in [3.63, 3.8) is 0 Å². The van der Waals surface area contributed by atoms with Gasteiger partial charge in [0.05, 0.1) is 21.5 Å². The number of benzene rings is 2. The number of imidazole rings is 2. The zero-order chi connectivity index (χ0) is 17.1. The lowest BCUT2D eigenvalue weighted by Gasteiger charge is -2.09. The second-order valence-electron chi connectivity index (χ2n) is 6.17. The van der Waals surface area contributed by atoms with Crippen LogP contribution in [-0.4, -0.2) is 24.0 Å². The van der Waals surface area contributed by atoms with Gasteiger partial charge in [-0.2, -0.15) is 0 Å². The van der Waals surface area contributed by atoms with Crippen LogP contribution in [0.15, 0.2) is 42.7 Å².